The molecular formula is C24H31N5O4. The van der Waals surface area contributed by atoms with Crippen LogP contribution in [0, 0.1) is 17.0 Å². The van der Waals surface area contributed by atoms with Gasteiger partial charge in [-0.25, -0.2) is 4.68 Å². The van der Waals surface area contributed by atoms with Crippen molar-refractivity contribution in [2.75, 3.05) is 19.6 Å². The summed E-state index contributed by atoms with van der Waals surface area (Å²) >= 11 is 0. The Kier molecular flexibility index (Phi) is 6.88. The maximum atomic E-state index is 13.1. The van der Waals surface area contributed by atoms with Crippen molar-refractivity contribution in [1.82, 2.24) is 20.0 Å². The van der Waals surface area contributed by atoms with E-state index in [0.717, 1.165) is 38.8 Å². The zero-order valence-electron chi connectivity index (χ0n) is 19.1. The largest absolute Gasteiger partial charge is 0.349 e. The van der Waals surface area contributed by atoms with Crippen molar-refractivity contribution in [3.8, 4) is 5.69 Å². The van der Waals surface area contributed by atoms with Crippen molar-refractivity contribution in [1.29, 1.82) is 0 Å². The molecule has 1 aliphatic carbocycles. The van der Waals surface area contributed by atoms with Gasteiger partial charge in [-0.15, -0.1) is 0 Å². The molecule has 2 heterocycles. The number of amides is 1. The number of rotatable bonds is 6. The predicted molar refractivity (Wildman–Crippen MR) is 125 cm³/mol. The fourth-order valence-electron chi connectivity index (χ4n) is 5.26. The maximum Gasteiger partial charge on any atom is 0.294 e. The zero-order chi connectivity index (χ0) is 23.4. The van der Waals surface area contributed by atoms with Gasteiger partial charge in [0.15, 0.2) is 5.69 Å². The van der Waals surface area contributed by atoms with Gasteiger partial charge in [-0.05, 0) is 51.8 Å². The van der Waals surface area contributed by atoms with Gasteiger partial charge in [-0.1, -0.05) is 37.8 Å². The fourth-order valence-corrected chi connectivity index (χ4v) is 5.26. The first kappa shape index (κ1) is 23.1. The molecule has 1 aromatic heterocycles. The molecule has 1 saturated heterocycles. The molecule has 9 nitrogen and oxygen atoms in total. The number of piperidine rings is 1. The van der Waals surface area contributed by atoms with Crippen molar-refractivity contribution >= 4 is 11.6 Å². The lowest BCUT2D eigenvalue weighted by atomic mass is 9.79. The Morgan fingerprint density at radius 2 is 1.79 bits per heavy atom. The van der Waals surface area contributed by atoms with Crippen LogP contribution in [-0.4, -0.2) is 50.7 Å². The number of benzene rings is 1. The van der Waals surface area contributed by atoms with Crippen LogP contribution in [-0.2, 0) is 0 Å². The minimum atomic E-state index is -0.533. The Labute approximate surface area is 192 Å². The van der Waals surface area contributed by atoms with Gasteiger partial charge in [-0.3, -0.25) is 24.6 Å². The molecule has 9 heteroatoms. The molecule has 0 spiro atoms. The number of carbonyl (C=O) groups excluding carboxylic acids is 1. The van der Waals surface area contributed by atoms with Crippen LogP contribution in [0.25, 0.3) is 5.69 Å². The summed E-state index contributed by atoms with van der Waals surface area (Å²) in [5, 5.41) is 18.7. The number of likely N-dealkylation sites (tertiary alicyclic amines) is 1. The van der Waals surface area contributed by atoms with E-state index in [1.165, 1.54) is 42.5 Å². The van der Waals surface area contributed by atoms with E-state index in [0.29, 0.717) is 12.2 Å². The number of hydrogen-bond acceptors (Lipinski definition) is 6. The third kappa shape index (κ3) is 4.83. The first-order valence-corrected chi connectivity index (χ1v) is 11.8. The van der Waals surface area contributed by atoms with E-state index in [-0.39, 0.29) is 22.6 Å². The summed E-state index contributed by atoms with van der Waals surface area (Å²) in [6, 6.07) is 7.46. The van der Waals surface area contributed by atoms with E-state index in [2.05, 4.69) is 15.3 Å². The van der Waals surface area contributed by atoms with Crippen LogP contribution in [0.1, 0.15) is 67.5 Å². The van der Waals surface area contributed by atoms with Gasteiger partial charge in [-0.2, -0.15) is 5.10 Å². The summed E-state index contributed by atoms with van der Waals surface area (Å²) in [5.41, 5.74) is -0.321. The van der Waals surface area contributed by atoms with Crippen LogP contribution in [0.15, 0.2) is 35.1 Å². The topological polar surface area (TPSA) is 110 Å². The lowest BCUT2D eigenvalue weighted by Gasteiger charge is -2.48. The number of nitrogens with one attached hydrogen (secondary N) is 1. The molecule has 0 radical (unpaired) electrons. The third-order valence-electron chi connectivity index (χ3n) is 7.02. The molecule has 1 saturated carbocycles. The predicted octanol–water partition coefficient (Wildman–Crippen LogP) is 3.37. The van der Waals surface area contributed by atoms with Crippen molar-refractivity contribution in [2.45, 2.75) is 63.8 Å². The standard InChI is InChI=1S/C24H31N5O4/c1-18-16-21(30)22(26-28(18)19-10-4-5-11-20(19)29(32)33)23(31)25-17-24(12-6-2-7-13-24)27-14-8-3-9-15-27/h4-5,10-11,16H,2-3,6-9,12-15,17H2,1H3,(H,25,31). The highest BCUT2D eigenvalue weighted by molar-refractivity contribution is 5.92. The summed E-state index contributed by atoms with van der Waals surface area (Å²) in [4.78, 5) is 39.2. The first-order valence-electron chi connectivity index (χ1n) is 11.8. The average Bonchev–Trinajstić information content (AvgIpc) is 2.84. The second-order valence-electron chi connectivity index (χ2n) is 9.17. The van der Waals surface area contributed by atoms with Crippen molar-refractivity contribution in [3.05, 3.63) is 62.1 Å². The maximum absolute atomic E-state index is 13.1. The number of nitrogens with zero attached hydrogens (tertiary/aromatic N) is 4. The monoisotopic (exact) mass is 453 g/mol. The summed E-state index contributed by atoms with van der Waals surface area (Å²) in [6.45, 7) is 4.21. The van der Waals surface area contributed by atoms with Crippen LogP contribution in [0.4, 0.5) is 5.69 Å². The molecule has 2 aromatic rings. The van der Waals surface area contributed by atoms with Gasteiger partial charge in [0.25, 0.3) is 11.6 Å². The highest BCUT2D eigenvalue weighted by atomic mass is 16.6. The number of nitro benzene ring substituents is 1. The Bertz CT molecular complexity index is 1080. The van der Waals surface area contributed by atoms with Crippen molar-refractivity contribution < 1.29 is 9.72 Å². The highest BCUT2D eigenvalue weighted by Gasteiger charge is 2.38. The normalized spacial score (nSPS) is 18.6. The summed E-state index contributed by atoms with van der Waals surface area (Å²) in [5.74, 6) is -0.533. The number of aryl methyl sites for hydroxylation is 1. The molecule has 1 aliphatic heterocycles. The fraction of sp³-hybridized carbons (Fsp3) is 0.542. The zero-order valence-corrected chi connectivity index (χ0v) is 19.1. The van der Waals surface area contributed by atoms with Crippen LogP contribution in [0.3, 0.4) is 0 Å². The molecule has 4 rings (SSSR count). The van der Waals surface area contributed by atoms with Crippen molar-refractivity contribution in [3.63, 3.8) is 0 Å². The molecule has 1 N–H and O–H groups in total. The van der Waals surface area contributed by atoms with Gasteiger partial charge < -0.3 is 5.32 Å². The molecule has 176 valence electrons. The Hall–Kier alpha value is -3.07. The average molecular weight is 454 g/mol. The highest BCUT2D eigenvalue weighted by Crippen LogP contribution is 2.35. The van der Waals surface area contributed by atoms with Crippen LogP contribution in [0.2, 0.25) is 0 Å². The lowest BCUT2D eigenvalue weighted by molar-refractivity contribution is -0.384. The van der Waals surface area contributed by atoms with Gasteiger partial charge >= 0.3 is 0 Å². The lowest BCUT2D eigenvalue weighted by Crippen LogP contribution is -2.58. The molecule has 0 unspecified atom stereocenters. The van der Waals surface area contributed by atoms with E-state index in [4.69, 9.17) is 0 Å². The van der Waals surface area contributed by atoms with Crippen LogP contribution >= 0.6 is 0 Å². The SMILES string of the molecule is Cc1cc(=O)c(C(=O)NCC2(N3CCCCC3)CCCCC2)nn1-c1ccccc1[N+](=O)[O-]. The van der Waals surface area contributed by atoms with E-state index < -0.39 is 16.3 Å². The van der Waals surface area contributed by atoms with E-state index in [1.54, 1.807) is 25.1 Å². The number of carbonyl (C=O) groups is 1. The molecule has 2 aliphatic rings. The molecule has 0 bridgehead atoms. The minimum absolute atomic E-state index is 0.0732. The summed E-state index contributed by atoms with van der Waals surface area (Å²) in [6.07, 6.45) is 9.16. The third-order valence-corrected chi connectivity index (χ3v) is 7.02. The van der Waals surface area contributed by atoms with Crippen LogP contribution in [0.5, 0.6) is 0 Å². The van der Waals surface area contributed by atoms with Crippen molar-refractivity contribution in [2.24, 2.45) is 0 Å². The number of aromatic nitrogens is 2. The smallest absolute Gasteiger partial charge is 0.294 e. The Morgan fingerprint density at radius 3 is 2.48 bits per heavy atom. The van der Waals surface area contributed by atoms with Gasteiger partial charge in [0.2, 0.25) is 5.43 Å². The molecule has 1 amide bonds. The quantitative estimate of drug-likeness (QED) is 0.530. The second-order valence-corrected chi connectivity index (χ2v) is 9.17. The van der Waals surface area contributed by atoms with Gasteiger partial charge in [0.1, 0.15) is 5.69 Å². The molecular weight excluding hydrogens is 422 g/mol. The summed E-state index contributed by atoms with van der Waals surface area (Å²) < 4.78 is 1.30. The number of para-hydroxylation sites is 2. The second kappa shape index (κ2) is 9.82. The van der Waals surface area contributed by atoms with Gasteiger partial charge in [0.05, 0.1) is 4.92 Å². The van der Waals surface area contributed by atoms with E-state index in [1.807, 2.05) is 0 Å². The Morgan fingerprint density at radius 1 is 1.12 bits per heavy atom. The molecule has 33 heavy (non-hydrogen) atoms. The van der Waals surface area contributed by atoms with Crippen LogP contribution < -0.4 is 10.7 Å². The minimum Gasteiger partial charge on any atom is -0.349 e. The molecule has 1 aromatic carbocycles. The number of nitro groups is 1. The summed E-state index contributed by atoms with van der Waals surface area (Å²) in [7, 11) is 0. The first-order chi connectivity index (χ1) is 15.9. The number of hydrogen-bond donors (Lipinski definition) is 1. The Balaban J connectivity index is 1.60. The van der Waals surface area contributed by atoms with Gasteiger partial charge in [0, 0.05) is 29.9 Å². The van der Waals surface area contributed by atoms with E-state index in [9.17, 15) is 19.7 Å². The molecule has 2 fully saturated rings. The molecule has 0 atom stereocenters. The van der Waals surface area contributed by atoms with E-state index >= 15 is 0 Å².